The van der Waals surface area contributed by atoms with Gasteiger partial charge in [0.1, 0.15) is 17.3 Å². The average Bonchev–Trinajstić information content (AvgIpc) is 3.38. The zero-order chi connectivity index (χ0) is 23.9. The van der Waals surface area contributed by atoms with Crippen molar-refractivity contribution in [2.75, 3.05) is 13.6 Å². The highest BCUT2D eigenvalue weighted by Crippen LogP contribution is 2.39. The molecule has 0 radical (unpaired) electrons. The third-order valence-corrected chi connectivity index (χ3v) is 7.63. The number of carbonyl (C=O) groups is 2. The van der Waals surface area contributed by atoms with Crippen molar-refractivity contribution in [1.82, 2.24) is 10.2 Å². The molecule has 4 rings (SSSR count). The Morgan fingerprint density at radius 1 is 0.971 bits per heavy atom. The van der Waals surface area contributed by atoms with E-state index in [1.165, 1.54) is 6.42 Å². The first-order valence-corrected chi connectivity index (χ1v) is 12.9. The van der Waals surface area contributed by atoms with Gasteiger partial charge in [-0.15, -0.1) is 0 Å². The second-order valence-corrected chi connectivity index (χ2v) is 9.86. The van der Waals surface area contributed by atoms with Crippen LogP contribution in [0.3, 0.4) is 0 Å². The summed E-state index contributed by atoms with van der Waals surface area (Å²) in [6.45, 7) is 2.65. The number of ketones is 1. The second-order valence-electron chi connectivity index (χ2n) is 9.86. The number of ether oxygens (including phenoxy) is 1. The van der Waals surface area contributed by atoms with Gasteiger partial charge in [-0.05, 0) is 75.4 Å². The number of hydrogen-bond donors (Lipinski definition) is 1. The third-order valence-electron chi connectivity index (χ3n) is 7.63. The van der Waals surface area contributed by atoms with Crippen LogP contribution in [0.1, 0.15) is 69.9 Å². The average molecular weight is 463 g/mol. The highest BCUT2D eigenvalue weighted by molar-refractivity contribution is 5.90. The van der Waals surface area contributed by atoms with Gasteiger partial charge < -0.3 is 15.0 Å². The smallest absolute Gasteiger partial charge is 0.226 e. The first-order valence-electron chi connectivity index (χ1n) is 12.9. The number of nitrogens with one attached hydrogen (secondary N) is 1. The fourth-order valence-corrected chi connectivity index (χ4v) is 5.55. The molecule has 0 spiro atoms. The molecule has 0 unspecified atom stereocenters. The molecular formula is C29H38N2O3. The predicted molar refractivity (Wildman–Crippen MR) is 135 cm³/mol. The van der Waals surface area contributed by atoms with E-state index in [1.807, 2.05) is 49.4 Å². The standard InChI is InChI=1S/C29H38N2O3/c1-21(30-2)28(32)20-26(22-11-5-3-6-12-22)29(33)31-18-10-17-27(31)23-13-9-16-25(19-23)34-24-14-7-4-8-15-24/h4,7-9,13-16,19,21-22,26-27,30H,3,5-6,10-12,17-18,20H2,1-2H3/t21-,26-,27-/m0/s1. The van der Waals surface area contributed by atoms with Crippen molar-refractivity contribution in [3.8, 4) is 11.5 Å². The molecule has 3 atom stereocenters. The first kappa shape index (κ1) is 24.5. The van der Waals surface area contributed by atoms with Crippen molar-refractivity contribution in [2.45, 2.75) is 70.4 Å². The molecule has 1 saturated heterocycles. The number of nitrogens with zero attached hydrogens (tertiary/aromatic N) is 1. The maximum atomic E-state index is 14.0. The maximum Gasteiger partial charge on any atom is 0.226 e. The molecule has 0 aromatic heterocycles. The van der Waals surface area contributed by atoms with Crippen LogP contribution >= 0.6 is 0 Å². The van der Waals surface area contributed by atoms with Gasteiger partial charge in [0, 0.05) is 18.9 Å². The zero-order valence-electron chi connectivity index (χ0n) is 20.5. The largest absolute Gasteiger partial charge is 0.457 e. The summed E-state index contributed by atoms with van der Waals surface area (Å²) in [6, 6.07) is 17.7. The van der Waals surface area contributed by atoms with E-state index in [1.54, 1.807) is 7.05 Å². The molecule has 2 aromatic carbocycles. The van der Waals surface area contributed by atoms with Gasteiger partial charge in [0.15, 0.2) is 0 Å². The van der Waals surface area contributed by atoms with E-state index in [0.717, 1.165) is 62.1 Å². The van der Waals surface area contributed by atoms with Crippen LogP contribution in [0, 0.1) is 11.8 Å². The molecule has 1 saturated carbocycles. The Morgan fingerprint density at radius 3 is 2.44 bits per heavy atom. The summed E-state index contributed by atoms with van der Waals surface area (Å²) < 4.78 is 6.05. The lowest BCUT2D eigenvalue weighted by molar-refractivity contribution is -0.141. The van der Waals surface area contributed by atoms with Gasteiger partial charge in [-0.3, -0.25) is 9.59 Å². The van der Waals surface area contributed by atoms with E-state index in [2.05, 4.69) is 22.3 Å². The Bertz CT molecular complexity index is 955. The van der Waals surface area contributed by atoms with Gasteiger partial charge in [0.2, 0.25) is 5.91 Å². The quantitative estimate of drug-likeness (QED) is 0.504. The molecule has 1 N–H and O–H groups in total. The number of Topliss-reactive ketones (excluding diaryl/α,β-unsaturated/α-hetero) is 1. The number of para-hydroxylation sites is 1. The number of amides is 1. The van der Waals surface area contributed by atoms with Gasteiger partial charge >= 0.3 is 0 Å². The van der Waals surface area contributed by atoms with Crippen molar-refractivity contribution >= 4 is 11.7 Å². The van der Waals surface area contributed by atoms with E-state index >= 15 is 0 Å². The summed E-state index contributed by atoms with van der Waals surface area (Å²) in [7, 11) is 1.81. The summed E-state index contributed by atoms with van der Waals surface area (Å²) in [5, 5.41) is 3.05. The predicted octanol–water partition coefficient (Wildman–Crippen LogP) is 5.91. The number of likely N-dealkylation sites (N-methyl/N-ethyl adjacent to an activating group) is 1. The van der Waals surface area contributed by atoms with E-state index in [9.17, 15) is 9.59 Å². The zero-order valence-corrected chi connectivity index (χ0v) is 20.5. The summed E-state index contributed by atoms with van der Waals surface area (Å²) in [4.78, 5) is 28.9. The fraction of sp³-hybridized carbons (Fsp3) is 0.517. The van der Waals surface area contributed by atoms with E-state index < -0.39 is 0 Å². The Kier molecular flexibility index (Phi) is 8.39. The van der Waals surface area contributed by atoms with Crippen LogP contribution in [0.2, 0.25) is 0 Å². The van der Waals surface area contributed by atoms with Crippen LogP contribution in [0.4, 0.5) is 0 Å². The molecule has 1 aliphatic carbocycles. The summed E-state index contributed by atoms with van der Waals surface area (Å²) >= 11 is 0. The number of benzene rings is 2. The van der Waals surface area contributed by atoms with Crippen molar-refractivity contribution in [3.63, 3.8) is 0 Å². The lowest BCUT2D eigenvalue weighted by atomic mass is 9.76. The van der Waals surface area contributed by atoms with Crippen LogP contribution < -0.4 is 10.1 Å². The molecule has 1 heterocycles. The highest BCUT2D eigenvalue weighted by atomic mass is 16.5. The molecule has 5 nitrogen and oxygen atoms in total. The molecule has 1 amide bonds. The van der Waals surface area contributed by atoms with Crippen LogP contribution in [0.15, 0.2) is 54.6 Å². The molecule has 182 valence electrons. The van der Waals surface area contributed by atoms with Gasteiger partial charge in [0.05, 0.1) is 12.1 Å². The normalized spacial score (nSPS) is 20.6. The van der Waals surface area contributed by atoms with Gasteiger partial charge in [-0.1, -0.05) is 49.6 Å². The SMILES string of the molecule is CN[C@@H](C)C(=O)C[C@H](C(=O)N1CCC[C@H]1c1cccc(Oc2ccccc2)c1)C1CCCCC1. The van der Waals surface area contributed by atoms with Crippen LogP contribution in [0.5, 0.6) is 11.5 Å². The Hall–Kier alpha value is -2.66. The Morgan fingerprint density at radius 2 is 1.71 bits per heavy atom. The minimum atomic E-state index is -0.222. The van der Waals surface area contributed by atoms with Gasteiger partial charge in [0.25, 0.3) is 0 Å². The lowest BCUT2D eigenvalue weighted by Gasteiger charge is -2.35. The molecule has 1 aliphatic heterocycles. The minimum Gasteiger partial charge on any atom is -0.457 e. The Balaban J connectivity index is 1.53. The molecule has 0 bridgehead atoms. The van der Waals surface area contributed by atoms with Crippen molar-refractivity contribution in [1.29, 1.82) is 0 Å². The molecule has 2 aromatic rings. The number of likely N-dealkylation sites (tertiary alicyclic amines) is 1. The van der Waals surface area contributed by atoms with E-state index in [4.69, 9.17) is 4.74 Å². The van der Waals surface area contributed by atoms with E-state index in [-0.39, 0.29) is 29.7 Å². The van der Waals surface area contributed by atoms with E-state index in [0.29, 0.717) is 12.3 Å². The van der Waals surface area contributed by atoms with Crippen molar-refractivity contribution in [3.05, 3.63) is 60.2 Å². The van der Waals surface area contributed by atoms with Crippen molar-refractivity contribution < 1.29 is 14.3 Å². The third kappa shape index (κ3) is 5.87. The van der Waals surface area contributed by atoms with Crippen LogP contribution in [0.25, 0.3) is 0 Å². The summed E-state index contributed by atoms with van der Waals surface area (Å²) in [5.74, 6) is 1.98. The molecule has 2 aliphatic rings. The second kappa shape index (κ2) is 11.7. The number of carbonyl (C=O) groups excluding carboxylic acids is 2. The van der Waals surface area contributed by atoms with Crippen molar-refractivity contribution in [2.24, 2.45) is 11.8 Å². The molecular weight excluding hydrogens is 424 g/mol. The summed E-state index contributed by atoms with van der Waals surface area (Å²) in [6.07, 6.45) is 7.92. The fourth-order valence-electron chi connectivity index (χ4n) is 5.55. The molecule has 2 fully saturated rings. The highest BCUT2D eigenvalue weighted by Gasteiger charge is 2.39. The lowest BCUT2D eigenvalue weighted by Crippen LogP contribution is -2.42. The maximum absolute atomic E-state index is 14.0. The van der Waals surface area contributed by atoms with Gasteiger partial charge in [-0.25, -0.2) is 0 Å². The summed E-state index contributed by atoms with van der Waals surface area (Å²) in [5.41, 5.74) is 1.11. The van der Waals surface area contributed by atoms with Gasteiger partial charge in [-0.2, -0.15) is 0 Å². The van der Waals surface area contributed by atoms with Crippen LogP contribution in [-0.4, -0.2) is 36.2 Å². The first-order chi connectivity index (χ1) is 16.6. The number of hydrogen-bond acceptors (Lipinski definition) is 4. The van der Waals surface area contributed by atoms with Crippen LogP contribution in [-0.2, 0) is 9.59 Å². The number of rotatable bonds is 9. The molecule has 34 heavy (non-hydrogen) atoms. The molecule has 5 heteroatoms. The minimum absolute atomic E-state index is 0.0368. The monoisotopic (exact) mass is 462 g/mol. The Labute approximate surface area is 203 Å². The topological polar surface area (TPSA) is 58.6 Å².